The summed E-state index contributed by atoms with van der Waals surface area (Å²) in [6.45, 7) is 0. The topological polar surface area (TPSA) is 77.8 Å². The Bertz CT molecular complexity index is 680. The molecule has 5 nitrogen and oxygen atoms in total. The molecule has 0 saturated heterocycles. The number of thiazole rings is 1. The van der Waals surface area contributed by atoms with Crippen molar-refractivity contribution in [1.29, 1.82) is 0 Å². The summed E-state index contributed by atoms with van der Waals surface area (Å²) in [4.78, 5) is 8.36. The third-order valence-corrected chi connectivity index (χ3v) is 3.29. The molecule has 90 valence electrons. The summed E-state index contributed by atoms with van der Waals surface area (Å²) in [7, 11) is 0. The number of anilines is 1. The van der Waals surface area contributed by atoms with Crippen molar-refractivity contribution in [2.45, 2.75) is 0 Å². The SMILES string of the molecule is Nc1c(Cl)cccc1-c1nc(-c2cscn2)no1. The van der Waals surface area contributed by atoms with E-state index in [1.54, 1.807) is 23.7 Å². The second kappa shape index (κ2) is 4.40. The molecule has 0 aliphatic carbocycles. The minimum Gasteiger partial charge on any atom is -0.397 e. The minimum absolute atomic E-state index is 0.331. The Morgan fingerprint density at radius 1 is 1.33 bits per heavy atom. The highest BCUT2D eigenvalue weighted by Gasteiger charge is 2.15. The van der Waals surface area contributed by atoms with Crippen molar-refractivity contribution >= 4 is 28.6 Å². The summed E-state index contributed by atoms with van der Waals surface area (Å²) in [6.07, 6.45) is 0. The van der Waals surface area contributed by atoms with Gasteiger partial charge in [0.1, 0.15) is 5.69 Å². The van der Waals surface area contributed by atoms with Gasteiger partial charge in [0.2, 0.25) is 5.82 Å². The molecule has 0 aliphatic rings. The van der Waals surface area contributed by atoms with E-state index < -0.39 is 0 Å². The molecule has 18 heavy (non-hydrogen) atoms. The molecule has 2 N–H and O–H groups in total. The molecular weight excluding hydrogens is 272 g/mol. The lowest BCUT2D eigenvalue weighted by molar-refractivity contribution is 0.432. The molecule has 0 radical (unpaired) electrons. The molecule has 0 spiro atoms. The number of halogens is 1. The third-order valence-electron chi connectivity index (χ3n) is 2.37. The molecule has 0 atom stereocenters. The molecule has 3 rings (SSSR count). The summed E-state index contributed by atoms with van der Waals surface area (Å²) in [5.41, 5.74) is 9.30. The molecule has 7 heteroatoms. The van der Waals surface area contributed by atoms with Gasteiger partial charge in [0.25, 0.3) is 5.89 Å². The first kappa shape index (κ1) is 11.2. The molecule has 2 heterocycles. The smallest absolute Gasteiger partial charge is 0.260 e. The zero-order valence-electron chi connectivity index (χ0n) is 9.00. The zero-order valence-corrected chi connectivity index (χ0v) is 10.6. The number of aromatic nitrogens is 3. The van der Waals surface area contributed by atoms with Gasteiger partial charge in [0.15, 0.2) is 0 Å². The van der Waals surface area contributed by atoms with Crippen LogP contribution in [0.15, 0.2) is 33.6 Å². The minimum atomic E-state index is 0.331. The van der Waals surface area contributed by atoms with Gasteiger partial charge >= 0.3 is 0 Å². The van der Waals surface area contributed by atoms with Gasteiger partial charge in [0, 0.05) is 5.38 Å². The van der Waals surface area contributed by atoms with Gasteiger partial charge < -0.3 is 10.3 Å². The largest absolute Gasteiger partial charge is 0.397 e. The molecule has 0 unspecified atom stereocenters. The zero-order chi connectivity index (χ0) is 12.5. The second-order valence-electron chi connectivity index (χ2n) is 3.50. The Labute approximate surface area is 111 Å². The van der Waals surface area contributed by atoms with E-state index in [1.165, 1.54) is 11.3 Å². The molecule has 3 aromatic rings. The van der Waals surface area contributed by atoms with Gasteiger partial charge in [-0.2, -0.15) is 4.98 Å². The van der Waals surface area contributed by atoms with Gasteiger partial charge in [0.05, 0.1) is 21.8 Å². The van der Waals surface area contributed by atoms with Crippen molar-refractivity contribution in [2.75, 3.05) is 5.73 Å². The first-order chi connectivity index (χ1) is 8.75. The Morgan fingerprint density at radius 3 is 3.00 bits per heavy atom. The maximum absolute atomic E-state index is 5.94. The highest BCUT2D eigenvalue weighted by atomic mass is 35.5. The lowest BCUT2D eigenvalue weighted by Crippen LogP contribution is -1.91. The Hall–Kier alpha value is -1.92. The van der Waals surface area contributed by atoms with Crippen LogP contribution in [0.3, 0.4) is 0 Å². The van der Waals surface area contributed by atoms with Crippen molar-refractivity contribution in [3.05, 3.63) is 34.1 Å². The van der Waals surface area contributed by atoms with Crippen LogP contribution in [0.25, 0.3) is 23.0 Å². The molecule has 0 saturated carbocycles. The molecule has 1 aromatic carbocycles. The van der Waals surface area contributed by atoms with E-state index in [9.17, 15) is 0 Å². The quantitative estimate of drug-likeness (QED) is 0.729. The first-order valence-electron chi connectivity index (χ1n) is 5.02. The van der Waals surface area contributed by atoms with Crippen LogP contribution in [-0.2, 0) is 0 Å². The van der Waals surface area contributed by atoms with Crippen molar-refractivity contribution in [3.8, 4) is 23.0 Å². The van der Waals surface area contributed by atoms with E-state index in [1.807, 2.05) is 5.38 Å². The lowest BCUT2D eigenvalue weighted by atomic mass is 10.2. The van der Waals surface area contributed by atoms with E-state index in [-0.39, 0.29) is 0 Å². The maximum atomic E-state index is 5.94. The average Bonchev–Trinajstić information content (AvgIpc) is 3.01. The van der Waals surface area contributed by atoms with E-state index in [2.05, 4.69) is 15.1 Å². The number of para-hydroxylation sites is 1. The Balaban J connectivity index is 2.06. The summed E-state index contributed by atoms with van der Waals surface area (Å²) in [5, 5.41) is 6.17. The number of hydrogen-bond acceptors (Lipinski definition) is 6. The maximum Gasteiger partial charge on any atom is 0.260 e. The third kappa shape index (κ3) is 1.85. The fraction of sp³-hybridized carbons (Fsp3) is 0. The van der Waals surface area contributed by atoms with Gasteiger partial charge in [-0.15, -0.1) is 11.3 Å². The number of nitrogens with zero attached hydrogens (tertiary/aromatic N) is 3. The van der Waals surface area contributed by atoms with Crippen LogP contribution in [0.5, 0.6) is 0 Å². The van der Waals surface area contributed by atoms with Gasteiger partial charge in [-0.25, -0.2) is 4.98 Å². The first-order valence-corrected chi connectivity index (χ1v) is 6.34. The van der Waals surface area contributed by atoms with Crippen molar-refractivity contribution in [3.63, 3.8) is 0 Å². The molecule has 0 bridgehead atoms. The van der Waals surface area contributed by atoms with Crippen molar-refractivity contribution in [2.24, 2.45) is 0 Å². The van der Waals surface area contributed by atoms with E-state index in [4.69, 9.17) is 21.9 Å². The lowest BCUT2D eigenvalue weighted by Gasteiger charge is -2.01. The number of nitrogens with two attached hydrogens (primary N) is 1. The van der Waals surface area contributed by atoms with Crippen LogP contribution in [-0.4, -0.2) is 15.1 Å². The highest BCUT2D eigenvalue weighted by Crippen LogP contribution is 2.31. The molecule has 0 amide bonds. The standard InChI is InChI=1S/C11H7ClN4OS/c12-7-3-1-2-6(9(7)13)11-15-10(16-17-11)8-4-18-5-14-8/h1-5H,13H2. The van der Waals surface area contributed by atoms with Crippen LogP contribution in [0, 0.1) is 0 Å². The van der Waals surface area contributed by atoms with Gasteiger partial charge in [-0.05, 0) is 12.1 Å². The predicted molar refractivity (Wildman–Crippen MR) is 70.3 cm³/mol. The van der Waals surface area contributed by atoms with Crippen LogP contribution in [0.4, 0.5) is 5.69 Å². The summed E-state index contributed by atoms with van der Waals surface area (Å²) in [5.74, 6) is 0.767. The van der Waals surface area contributed by atoms with Gasteiger partial charge in [-0.3, -0.25) is 0 Å². The molecular formula is C11H7ClN4OS. The summed E-state index contributed by atoms with van der Waals surface area (Å²) in [6, 6.07) is 5.26. The molecule has 0 fully saturated rings. The fourth-order valence-electron chi connectivity index (χ4n) is 1.48. The predicted octanol–water partition coefficient (Wildman–Crippen LogP) is 3.10. The van der Waals surface area contributed by atoms with Crippen LogP contribution in [0.2, 0.25) is 5.02 Å². The summed E-state index contributed by atoms with van der Waals surface area (Å²) >= 11 is 7.41. The van der Waals surface area contributed by atoms with Crippen molar-refractivity contribution < 1.29 is 4.52 Å². The average molecular weight is 279 g/mol. The number of nitrogen functional groups attached to an aromatic ring is 1. The number of rotatable bonds is 2. The monoisotopic (exact) mass is 278 g/mol. The van der Waals surface area contributed by atoms with Gasteiger partial charge in [-0.1, -0.05) is 22.8 Å². The van der Waals surface area contributed by atoms with E-state index >= 15 is 0 Å². The normalized spacial score (nSPS) is 10.7. The van der Waals surface area contributed by atoms with Crippen LogP contribution in [0.1, 0.15) is 0 Å². The van der Waals surface area contributed by atoms with Crippen LogP contribution < -0.4 is 5.73 Å². The van der Waals surface area contributed by atoms with Crippen LogP contribution >= 0.6 is 22.9 Å². The fourth-order valence-corrected chi connectivity index (χ4v) is 2.19. The number of hydrogen-bond donors (Lipinski definition) is 1. The second-order valence-corrected chi connectivity index (χ2v) is 4.62. The Morgan fingerprint density at radius 2 is 2.22 bits per heavy atom. The summed E-state index contributed by atoms with van der Waals surface area (Å²) < 4.78 is 5.18. The van der Waals surface area contributed by atoms with E-state index in [0.717, 1.165) is 0 Å². The highest BCUT2D eigenvalue weighted by molar-refractivity contribution is 7.07. The van der Waals surface area contributed by atoms with E-state index in [0.29, 0.717) is 33.7 Å². The molecule has 0 aliphatic heterocycles. The molecule has 2 aromatic heterocycles. The van der Waals surface area contributed by atoms with Crippen molar-refractivity contribution in [1.82, 2.24) is 15.1 Å². The Kier molecular flexibility index (Phi) is 2.73. The number of benzene rings is 1.